The molecule has 4 heteroatoms. The van der Waals surface area contributed by atoms with Crippen LogP contribution in [-0.4, -0.2) is 24.0 Å². The molecule has 0 saturated carbocycles. The summed E-state index contributed by atoms with van der Waals surface area (Å²) in [5, 5.41) is 5.03. The van der Waals surface area contributed by atoms with Crippen LogP contribution in [0.3, 0.4) is 0 Å². The van der Waals surface area contributed by atoms with Crippen LogP contribution >= 0.6 is 0 Å². The zero-order valence-corrected chi connectivity index (χ0v) is 12.0. The number of amides is 1. The minimum absolute atomic E-state index is 0.0967. The van der Waals surface area contributed by atoms with E-state index < -0.39 is 0 Å². The number of ether oxygens (including phenoxy) is 1. The summed E-state index contributed by atoms with van der Waals surface area (Å²) in [4.78, 5) is 16.1. The lowest BCUT2D eigenvalue weighted by atomic mass is 10.1. The number of carbonyl (C=O) groups is 1. The highest BCUT2D eigenvalue weighted by Crippen LogP contribution is 2.15. The van der Waals surface area contributed by atoms with Gasteiger partial charge in [-0.3, -0.25) is 9.78 Å². The summed E-state index contributed by atoms with van der Waals surface area (Å²) in [7, 11) is 0. The Morgan fingerprint density at radius 1 is 1.05 bits per heavy atom. The fourth-order valence-corrected chi connectivity index (χ4v) is 2.20. The number of hydrogen-bond acceptors (Lipinski definition) is 3. The molecule has 22 heavy (non-hydrogen) atoms. The molecule has 110 valence electrons. The molecule has 1 amide bonds. The van der Waals surface area contributed by atoms with Gasteiger partial charge in [-0.2, -0.15) is 0 Å². The molecule has 0 spiro atoms. The lowest BCUT2D eigenvalue weighted by molar-refractivity contribution is 0.0947. The van der Waals surface area contributed by atoms with E-state index in [1.807, 2.05) is 54.6 Å². The van der Waals surface area contributed by atoms with E-state index in [1.54, 1.807) is 12.4 Å². The van der Waals surface area contributed by atoms with Crippen LogP contribution in [0.4, 0.5) is 0 Å². The van der Waals surface area contributed by atoms with Gasteiger partial charge in [0.2, 0.25) is 0 Å². The van der Waals surface area contributed by atoms with Gasteiger partial charge in [0.25, 0.3) is 5.91 Å². The smallest absolute Gasteiger partial charge is 0.251 e. The van der Waals surface area contributed by atoms with Crippen LogP contribution in [0.1, 0.15) is 10.4 Å². The Hall–Kier alpha value is -2.88. The first kappa shape index (κ1) is 14.1. The Morgan fingerprint density at radius 2 is 1.91 bits per heavy atom. The van der Waals surface area contributed by atoms with E-state index in [9.17, 15) is 4.79 Å². The lowest BCUT2D eigenvalue weighted by Crippen LogP contribution is -2.28. The van der Waals surface area contributed by atoms with Gasteiger partial charge in [0, 0.05) is 11.8 Å². The largest absolute Gasteiger partial charge is 0.490 e. The number of nitrogens with zero attached hydrogens (tertiary/aromatic N) is 1. The van der Waals surface area contributed by atoms with Crippen molar-refractivity contribution in [2.75, 3.05) is 13.2 Å². The molecule has 1 aromatic heterocycles. The van der Waals surface area contributed by atoms with E-state index in [1.165, 1.54) is 0 Å². The van der Waals surface area contributed by atoms with Gasteiger partial charge in [0.05, 0.1) is 12.7 Å². The third-order valence-corrected chi connectivity index (χ3v) is 3.30. The Morgan fingerprint density at radius 3 is 2.73 bits per heavy atom. The monoisotopic (exact) mass is 292 g/mol. The average molecular weight is 292 g/mol. The summed E-state index contributed by atoms with van der Waals surface area (Å²) < 4.78 is 5.49. The Balaban J connectivity index is 1.54. The third kappa shape index (κ3) is 3.41. The number of pyridine rings is 1. The molecule has 0 aliphatic heterocycles. The van der Waals surface area contributed by atoms with Crippen LogP contribution in [0.2, 0.25) is 0 Å². The van der Waals surface area contributed by atoms with Gasteiger partial charge in [-0.15, -0.1) is 0 Å². The van der Waals surface area contributed by atoms with Crippen LogP contribution in [-0.2, 0) is 0 Å². The maximum absolute atomic E-state index is 12.1. The Kier molecular flexibility index (Phi) is 4.30. The summed E-state index contributed by atoms with van der Waals surface area (Å²) >= 11 is 0. The van der Waals surface area contributed by atoms with E-state index >= 15 is 0 Å². The molecule has 0 fully saturated rings. The van der Waals surface area contributed by atoms with Crippen molar-refractivity contribution in [1.82, 2.24) is 10.3 Å². The second-order valence-corrected chi connectivity index (χ2v) is 4.86. The minimum Gasteiger partial charge on any atom is -0.490 e. The molecule has 0 radical (unpaired) electrons. The van der Waals surface area contributed by atoms with Crippen LogP contribution in [0.5, 0.6) is 5.75 Å². The number of fused-ring (bicyclic) bond motifs is 1. The highest BCUT2D eigenvalue weighted by Gasteiger charge is 2.05. The Bertz CT molecular complexity index is 772. The fraction of sp³-hybridized carbons (Fsp3) is 0.111. The molecule has 0 aliphatic carbocycles. The number of hydrogen-bond donors (Lipinski definition) is 1. The summed E-state index contributed by atoms with van der Waals surface area (Å²) in [5.41, 5.74) is 0.653. The second kappa shape index (κ2) is 6.72. The van der Waals surface area contributed by atoms with E-state index in [-0.39, 0.29) is 5.91 Å². The third-order valence-electron chi connectivity index (χ3n) is 3.30. The van der Waals surface area contributed by atoms with Gasteiger partial charge in [0.1, 0.15) is 12.4 Å². The van der Waals surface area contributed by atoms with E-state index in [0.717, 1.165) is 10.8 Å². The van der Waals surface area contributed by atoms with Gasteiger partial charge in [-0.25, -0.2) is 0 Å². The number of carbonyl (C=O) groups excluding carboxylic acids is 1. The summed E-state index contributed by atoms with van der Waals surface area (Å²) in [6, 6.07) is 17.3. The van der Waals surface area contributed by atoms with Crippen LogP contribution in [0.15, 0.2) is 67.0 Å². The summed E-state index contributed by atoms with van der Waals surface area (Å²) in [5.74, 6) is 0.600. The van der Waals surface area contributed by atoms with Crippen LogP contribution in [0, 0.1) is 0 Å². The highest BCUT2D eigenvalue weighted by molar-refractivity contribution is 5.98. The number of aromatic nitrogens is 1. The van der Waals surface area contributed by atoms with Gasteiger partial charge in [-0.05, 0) is 35.0 Å². The van der Waals surface area contributed by atoms with Crippen molar-refractivity contribution < 1.29 is 9.53 Å². The molecule has 1 N–H and O–H groups in total. The number of benzene rings is 2. The maximum Gasteiger partial charge on any atom is 0.251 e. The molecule has 0 unspecified atom stereocenters. The minimum atomic E-state index is -0.0967. The summed E-state index contributed by atoms with van der Waals surface area (Å²) in [6.07, 6.45) is 3.33. The molecule has 1 heterocycles. The van der Waals surface area contributed by atoms with E-state index in [4.69, 9.17) is 4.74 Å². The van der Waals surface area contributed by atoms with Gasteiger partial charge < -0.3 is 10.1 Å². The predicted molar refractivity (Wildman–Crippen MR) is 86.0 cm³/mol. The number of rotatable bonds is 5. The first-order valence-electron chi connectivity index (χ1n) is 7.13. The van der Waals surface area contributed by atoms with Crippen LogP contribution < -0.4 is 10.1 Å². The molecule has 0 saturated heterocycles. The summed E-state index contributed by atoms with van der Waals surface area (Å²) in [6.45, 7) is 0.853. The lowest BCUT2D eigenvalue weighted by Gasteiger charge is -2.08. The molecule has 3 rings (SSSR count). The van der Waals surface area contributed by atoms with Crippen molar-refractivity contribution in [3.8, 4) is 5.75 Å². The second-order valence-electron chi connectivity index (χ2n) is 4.86. The van der Waals surface area contributed by atoms with Gasteiger partial charge in [-0.1, -0.05) is 30.3 Å². The maximum atomic E-state index is 12.1. The van der Waals surface area contributed by atoms with E-state index in [0.29, 0.717) is 24.5 Å². The fourth-order valence-electron chi connectivity index (χ4n) is 2.20. The zero-order valence-electron chi connectivity index (χ0n) is 12.0. The highest BCUT2D eigenvalue weighted by atomic mass is 16.5. The topological polar surface area (TPSA) is 51.2 Å². The predicted octanol–water partition coefficient (Wildman–Crippen LogP) is 3.04. The molecule has 0 atom stereocenters. The number of nitrogens with one attached hydrogen (secondary N) is 1. The quantitative estimate of drug-likeness (QED) is 0.735. The molecular weight excluding hydrogens is 276 g/mol. The average Bonchev–Trinajstić information content (AvgIpc) is 2.59. The normalized spacial score (nSPS) is 10.4. The standard InChI is InChI=1S/C18H16N2O2/c21-18(20-10-11-22-17-6-3-9-19-13-17)16-8-7-14-4-1-2-5-15(14)12-16/h1-9,12-13H,10-11H2,(H,20,21). The zero-order chi connectivity index (χ0) is 15.2. The van der Waals surface area contributed by atoms with Crippen molar-refractivity contribution >= 4 is 16.7 Å². The first-order valence-corrected chi connectivity index (χ1v) is 7.13. The first-order chi connectivity index (χ1) is 10.8. The van der Waals surface area contributed by atoms with Crippen molar-refractivity contribution in [1.29, 1.82) is 0 Å². The van der Waals surface area contributed by atoms with Crippen molar-refractivity contribution in [3.63, 3.8) is 0 Å². The molecule has 0 bridgehead atoms. The van der Waals surface area contributed by atoms with Gasteiger partial charge >= 0.3 is 0 Å². The van der Waals surface area contributed by atoms with Gasteiger partial charge in [0.15, 0.2) is 0 Å². The van der Waals surface area contributed by atoms with Crippen molar-refractivity contribution in [2.45, 2.75) is 0 Å². The van der Waals surface area contributed by atoms with Crippen molar-refractivity contribution in [2.24, 2.45) is 0 Å². The molecule has 2 aromatic carbocycles. The molecular formula is C18H16N2O2. The molecule has 0 aliphatic rings. The molecule has 4 nitrogen and oxygen atoms in total. The van der Waals surface area contributed by atoms with Crippen LogP contribution in [0.25, 0.3) is 10.8 Å². The SMILES string of the molecule is O=C(NCCOc1cccnc1)c1ccc2ccccc2c1. The Labute approximate surface area is 128 Å². The van der Waals surface area contributed by atoms with E-state index in [2.05, 4.69) is 10.3 Å². The molecule has 3 aromatic rings. The van der Waals surface area contributed by atoms with Crippen molar-refractivity contribution in [3.05, 3.63) is 72.6 Å².